The van der Waals surface area contributed by atoms with Crippen LogP contribution >= 0.6 is 0 Å². The molecule has 0 saturated carbocycles. The summed E-state index contributed by atoms with van der Waals surface area (Å²) in [4.78, 5) is 27.6. The summed E-state index contributed by atoms with van der Waals surface area (Å²) in [6.45, 7) is 8.52. The number of rotatable bonds is 12. The lowest BCUT2D eigenvalue weighted by Gasteiger charge is -2.31. The predicted molar refractivity (Wildman–Crippen MR) is 125 cm³/mol. The highest BCUT2D eigenvalue weighted by molar-refractivity contribution is 5.87. The molecule has 2 aromatic carbocycles. The molecule has 174 valence electrons. The third-order valence-corrected chi connectivity index (χ3v) is 5.48. The van der Waals surface area contributed by atoms with Gasteiger partial charge in [-0.15, -0.1) is 0 Å². The van der Waals surface area contributed by atoms with Crippen molar-refractivity contribution in [3.05, 3.63) is 65.5 Å². The maximum Gasteiger partial charge on any atom is 0.243 e. The molecule has 0 aromatic heterocycles. The first kappa shape index (κ1) is 25.4. The lowest BCUT2D eigenvalue weighted by atomic mass is 10.1. The van der Waals surface area contributed by atoms with Crippen LogP contribution in [-0.2, 0) is 16.1 Å². The zero-order valence-electron chi connectivity index (χ0n) is 19.6. The molecule has 6 heteroatoms. The number of benzene rings is 2. The standard InChI is InChI=1S/C26H35FN2O3/c1-5-20(4)28-26(31)24(6-2)29(18-21-11-13-22(27)14-12-21)25(30)8-7-17-32-23-15-9-19(3)10-16-23/h9-16,20,24H,5-8,17-18H2,1-4H3,(H,28,31). The Labute approximate surface area is 191 Å². The predicted octanol–water partition coefficient (Wildman–Crippen LogP) is 5.02. The van der Waals surface area contributed by atoms with E-state index in [-0.39, 0.29) is 36.6 Å². The minimum absolute atomic E-state index is 0.0298. The van der Waals surface area contributed by atoms with E-state index in [1.807, 2.05) is 52.0 Å². The molecule has 0 radical (unpaired) electrons. The molecule has 0 saturated heterocycles. The number of ether oxygens (including phenoxy) is 1. The van der Waals surface area contributed by atoms with Crippen molar-refractivity contribution in [1.82, 2.24) is 10.2 Å². The number of nitrogens with one attached hydrogen (secondary N) is 1. The van der Waals surface area contributed by atoms with Crippen molar-refractivity contribution in [3.8, 4) is 5.75 Å². The summed E-state index contributed by atoms with van der Waals surface area (Å²) < 4.78 is 19.1. The molecule has 2 amide bonds. The number of nitrogens with zero attached hydrogens (tertiary/aromatic N) is 1. The van der Waals surface area contributed by atoms with Crippen LogP contribution in [0.2, 0.25) is 0 Å². The topological polar surface area (TPSA) is 58.6 Å². The van der Waals surface area contributed by atoms with Gasteiger partial charge in [-0.25, -0.2) is 4.39 Å². The molecule has 0 aliphatic carbocycles. The molecular weight excluding hydrogens is 407 g/mol. The van der Waals surface area contributed by atoms with E-state index in [0.29, 0.717) is 19.4 Å². The number of hydrogen-bond donors (Lipinski definition) is 1. The van der Waals surface area contributed by atoms with Crippen molar-refractivity contribution < 1.29 is 18.7 Å². The summed E-state index contributed by atoms with van der Waals surface area (Å²) in [5.41, 5.74) is 1.94. The molecule has 0 bridgehead atoms. The summed E-state index contributed by atoms with van der Waals surface area (Å²) in [7, 11) is 0. The Hall–Kier alpha value is -2.89. The maximum atomic E-state index is 13.3. The van der Waals surface area contributed by atoms with Gasteiger partial charge in [-0.1, -0.05) is 43.7 Å². The normalized spacial score (nSPS) is 12.7. The zero-order valence-corrected chi connectivity index (χ0v) is 19.6. The highest BCUT2D eigenvalue weighted by Crippen LogP contribution is 2.16. The van der Waals surface area contributed by atoms with Gasteiger partial charge in [0.1, 0.15) is 17.6 Å². The second kappa shape index (κ2) is 12.8. The van der Waals surface area contributed by atoms with Gasteiger partial charge >= 0.3 is 0 Å². The molecule has 0 aliphatic heterocycles. The lowest BCUT2D eigenvalue weighted by molar-refractivity contribution is -0.141. The van der Waals surface area contributed by atoms with E-state index in [9.17, 15) is 14.0 Å². The van der Waals surface area contributed by atoms with Crippen LogP contribution in [0, 0.1) is 12.7 Å². The van der Waals surface area contributed by atoms with Crippen molar-refractivity contribution in [1.29, 1.82) is 0 Å². The van der Waals surface area contributed by atoms with Crippen molar-refractivity contribution in [2.75, 3.05) is 6.61 Å². The first-order valence-corrected chi connectivity index (χ1v) is 11.4. The van der Waals surface area contributed by atoms with Crippen LogP contribution in [-0.4, -0.2) is 35.4 Å². The average molecular weight is 443 g/mol. The van der Waals surface area contributed by atoms with E-state index in [2.05, 4.69) is 5.32 Å². The molecule has 2 aromatic rings. The van der Waals surface area contributed by atoms with E-state index >= 15 is 0 Å². The van der Waals surface area contributed by atoms with Crippen LogP contribution in [0.4, 0.5) is 4.39 Å². The zero-order chi connectivity index (χ0) is 23.5. The monoisotopic (exact) mass is 442 g/mol. The molecule has 2 rings (SSSR count). The van der Waals surface area contributed by atoms with Crippen LogP contribution in [0.3, 0.4) is 0 Å². The molecule has 2 atom stereocenters. The first-order valence-electron chi connectivity index (χ1n) is 11.4. The number of carbonyl (C=O) groups is 2. The Kier molecular flexibility index (Phi) is 10.2. The number of aryl methyl sites for hydroxylation is 1. The molecule has 2 unspecified atom stereocenters. The minimum Gasteiger partial charge on any atom is -0.494 e. The number of halogens is 1. The minimum atomic E-state index is -0.584. The molecule has 0 fully saturated rings. The van der Waals surface area contributed by atoms with Gasteiger partial charge in [-0.05, 0) is 62.9 Å². The summed E-state index contributed by atoms with van der Waals surface area (Å²) in [6, 6.07) is 13.3. The molecule has 1 N–H and O–H groups in total. The summed E-state index contributed by atoms with van der Waals surface area (Å²) in [5, 5.41) is 2.99. The van der Waals surface area contributed by atoms with E-state index in [1.165, 1.54) is 12.1 Å². The van der Waals surface area contributed by atoms with Crippen molar-refractivity contribution in [2.45, 2.75) is 72.0 Å². The van der Waals surface area contributed by atoms with Gasteiger partial charge in [-0.3, -0.25) is 9.59 Å². The third kappa shape index (κ3) is 7.98. The molecule has 0 aliphatic rings. The van der Waals surface area contributed by atoms with Gasteiger partial charge in [-0.2, -0.15) is 0 Å². The molecular formula is C26H35FN2O3. The van der Waals surface area contributed by atoms with Crippen LogP contribution < -0.4 is 10.1 Å². The fraction of sp³-hybridized carbons (Fsp3) is 0.462. The van der Waals surface area contributed by atoms with E-state index in [1.54, 1.807) is 17.0 Å². The van der Waals surface area contributed by atoms with E-state index < -0.39 is 6.04 Å². The van der Waals surface area contributed by atoms with Gasteiger partial charge in [0.2, 0.25) is 11.8 Å². The largest absolute Gasteiger partial charge is 0.494 e. The Morgan fingerprint density at radius 1 is 1.03 bits per heavy atom. The number of carbonyl (C=O) groups excluding carboxylic acids is 2. The van der Waals surface area contributed by atoms with Crippen molar-refractivity contribution in [2.24, 2.45) is 0 Å². The van der Waals surface area contributed by atoms with Crippen LogP contribution in [0.1, 0.15) is 57.6 Å². The smallest absolute Gasteiger partial charge is 0.243 e. The van der Waals surface area contributed by atoms with Crippen LogP contribution in [0.25, 0.3) is 0 Å². The molecule has 5 nitrogen and oxygen atoms in total. The summed E-state index contributed by atoms with van der Waals surface area (Å²) >= 11 is 0. The van der Waals surface area contributed by atoms with E-state index in [4.69, 9.17) is 4.74 Å². The Morgan fingerprint density at radius 2 is 1.69 bits per heavy atom. The van der Waals surface area contributed by atoms with Crippen LogP contribution in [0.15, 0.2) is 48.5 Å². The molecule has 0 spiro atoms. The van der Waals surface area contributed by atoms with Crippen LogP contribution in [0.5, 0.6) is 5.75 Å². The highest BCUT2D eigenvalue weighted by atomic mass is 19.1. The summed E-state index contributed by atoms with van der Waals surface area (Å²) in [5.74, 6) is 0.160. The SMILES string of the molecule is CCC(C)NC(=O)C(CC)N(Cc1ccc(F)cc1)C(=O)CCCOc1ccc(C)cc1. The van der Waals surface area contributed by atoms with Crippen molar-refractivity contribution >= 4 is 11.8 Å². The molecule has 32 heavy (non-hydrogen) atoms. The van der Waals surface area contributed by atoms with Gasteiger partial charge in [0, 0.05) is 19.0 Å². The number of hydrogen-bond acceptors (Lipinski definition) is 3. The second-order valence-corrected chi connectivity index (χ2v) is 8.16. The Balaban J connectivity index is 2.05. The van der Waals surface area contributed by atoms with Gasteiger partial charge in [0.05, 0.1) is 6.61 Å². The van der Waals surface area contributed by atoms with E-state index in [0.717, 1.165) is 23.3 Å². The average Bonchev–Trinajstić information content (AvgIpc) is 2.78. The maximum absolute atomic E-state index is 13.3. The van der Waals surface area contributed by atoms with Gasteiger partial charge < -0.3 is 15.0 Å². The van der Waals surface area contributed by atoms with Gasteiger partial charge in [0.25, 0.3) is 0 Å². The first-order chi connectivity index (χ1) is 15.3. The van der Waals surface area contributed by atoms with Crippen molar-refractivity contribution in [3.63, 3.8) is 0 Å². The highest BCUT2D eigenvalue weighted by Gasteiger charge is 2.28. The summed E-state index contributed by atoms with van der Waals surface area (Å²) in [6.07, 6.45) is 2.11. The third-order valence-electron chi connectivity index (χ3n) is 5.48. The Bertz CT molecular complexity index is 852. The Morgan fingerprint density at radius 3 is 2.28 bits per heavy atom. The second-order valence-electron chi connectivity index (χ2n) is 8.16. The lowest BCUT2D eigenvalue weighted by Crippen LogP contribution is -2.50. The molecule has 0 heterocycles. The fourth-order valence-electron chi connectivity index (χ4n) is 3.34. The quantitative estimate of drug-likeness (QED) is 0.470. The van der Waals surface area contributed by atoms with Gasteiger partial charge in [0.15, 0.2) is 0 Å². The number of amides is 2. The fourth-order valence-corrected chi connectivity index (χ4v) is 3.34.